The van der Waals surface area contributed by atoms with Gasteiger partial charge < -0.3 is 20.8 Å². The molecule has 1 unspecified atom stereocenters. The van der Waals surface area contributed by atoms with E-state index in [4.69, 9.17) is 10.2 Å². The summed E-state index contributed by atoms with van der Waals surface area (Å²) >= 11 is 0. The maximum Gasteiger partial charge on any atom is 0.326 e. The lowest BCUT2D eigenvalue weighted by Crippen LogP contribution is -2.43. The number of aliphatic carboxylic acids is 1. The van der Waals surface area contributed by atoms with Crippen LogP contribution in [0.4, 0.5) is 10.5 Å². The maximum atomic E-state index is 11.5. The van der Waals surface area contributed by atoms with E-state index in [1.807, 2.05) is 6.92 Å². The lowest BCUT2D eigenvalue weighted by atomic mass is 10.2. The fourth-order valence-electron chi connectivity index (χ4n) is 1.31. The summed E-state index contributed by atoms with van der Waals surface area (Å²) in [6.07, 6.45) is 3.04. The van der Waals surface area contributed by atoms with Gasteiger partial charge in [0.1, 0.15) is 6.04 Å². The van der Waals surface area contributed by atoms with Gasteiger partial charge in [0.25, 0.3) is 0 Å². The quantitative estimate of drug-likeness (QED) is 0.565. The third-order valence-corrected chi connectivity index (χ3v) is 2.24. The number of anilines is 1. The van der Waals surface area contributed by atoms with Crippen molar-refractivity contribution in [3.8, 4) is 0 Å². The Morgan fingerprint density at radius 3 is 2.78 bits per heavy atom. The molecule has 4 N–H and O–H groups in total. The number of aliphatic hydroxyl groups is 1. The standard InChI is InChI=1S/C10H16N4O4/c1-2-14-6-7(5-11-14)12-10(18)13-8(3-4-15)9(16)17/h5-6,8,15H,2-4H2,1H3,(H,16,17)(H2,12,13,18). The Balaban J connectivity index is 2.51. The Labute approximate surface area is 104 Å². The minimum atomic E-state index is -1.19. The highest BCUT2D eigenvalue weighted by Gasteiger charge is 2.19. The number of aliphatic hydroxyl groups excluding tert-OH is 1. The molecule has 1 aromatic heterocycles. The van der Waals surface area contributed by atoms with Gasteiger partial charge in [0.15, 0.2) is 0 Å². The van der Waals surface area contributed by atoms with Gasteiger partial charge in [-0.05, 0) is 6.92 Å². The van der Waals surface area contributed by atoms with Gasteiger partial charge in [-0.15, -0.1) is 0 Å². The third kappa shape index (κ3) is 4.06. The zero-order valence-electron chi connectivity index (χ0n) is 9.96. The third-order valence-electron chi connectivity index (χ3n) is 2.24. The van der Waals surface area contributed by atoms with Crippen LogP contribution < -0.4 is 10.6 Å². The zero-order chi connectivity index (χ0) is 13.5. The van der Waals surface area contributed by atoms with Gasteiger partial charge >= 0.3 is 12.0 Å². The lowest BCUT2D eigenvalue weighted by molar-refractivity contribution is -0.139. The number of amides is 2. The molecule has 0 aromatic carbocycles. The number of aryl methyl sites for hydroxylation is 1. The van der Waals surface area contributed by atoms with Crippen LogP contribution in [0.25, 0.3) is 0 Å². The Morgan fingerprint density at radius 1 is 1.56 bits per heavy atom. The predicted octanol–water partition coefficient (Wildman–Crippen LogP) is -0.140. The van der Waals surface area contributed by atoms with E-state index in [1.54, 1.807) is 10.9 Å². The summed E-state index contributed by atoms with van der Waals surface area (Å²) in [6.45, 7) is 2.26. The highest BCUT2D eigenvalue weighted by atomic mass is 16.4. The van der Waals surface area contributed by atoms with Crippen molar-refractivity contribution in [2.24, 2.45) is 0 Å². The molecule has 1 aromatic rings. The molecule has 18 heavy (non-hydrogen) atoms. The maximum absolute atomic E-state index is 11.5. The van der Waals surface area contributed by atoms with E-state index in [1.165, 1.54) is 6.20 Å². The lowest BCUT2D eigenvalue weighted by Gasteiger charge is -2.13. The van der Waals surface area contributed by atoms with E-state index in [-0.39, 0.29) is 13.0 Å². The van der Waals surface area contributed by atoms with Crippen LogP contribution in [0.1, 0.15) is 13.3 Å². The summed E-state index contributed by atoms with van der Waals surface area (Å²) < 4.78 is 1.62. The first-order valence-electron chi connectivity index (χ1n) is 5.50. The molecule has 0 radical (unpaired) electrons. The van der Waals surface area contributed by atoms with E-state index >= 15 is 0 Å². The number of carboxylic acids is 1. The van der Waals surface area contributed by atoms with Crippen LogP contribution in [0.3, 0.4) is 0 Å². The summed E-state index contributed by atoms with van der Waals surface area (Å²) in [6, 6.07) is -1.76. The predicted molar refractivity (Wildman–Crippen MR) is 63.2 cm³/mol. The average molecular weight is 256 g/mol. The second kappa shape index (κ2) is 6.60. The Bertz CT molecular complexity index is 418. The van der Waals surface area contributed by atoms with Crippen LogP contribution in [0.2, 0.25) is 0 Å². The molecular weight excluding hydrogens is 240 g/mol. The number of aromatic nitrogens is 2. The molecule has 1 rings (SSSR count). The molecule has 8 heteroatoms. The van der Waals surface area contributed by atoms with E-state index in [2.05, 4.69) is 15.7 Å². The van der Waals surface area contributed by atoms with Gasteiger partial charge in [0.2, 0.25) is 0 Å². The van der Waals surface area contributed by atoms with Crippen molar-refractivity contribution >= 4 is 17.7 Å². The second-order valence-electron chi connectivity index (χ2n) is 3.59. The first-order valence-corrected chi connectivity index (χ1v) is 5.50. The summed E-state index contributed by atoms with van der Waals surface area (Å²) in [5, 5.41) is 26.1. The second-order valence-corrected chi connectivity index (χ2v) is 3.59. The molecule has 0 aliphatic carbocycles. The molecule has 8 nitrogen and oxygen atoms in total. The monoisotopic (exact) mass is 256 g/mol. The number of rotatable bonds is 6. The number of hydrogen-bond acceptors (Lipinski definition) is 4. The topological polar surface area (TPSA) is 116 Å². The van der Waals surface area contributed by atoms with Gasteiger partial charge in [-0.1, -0.05) is 0 Å². The Morgan fingerprint density at radius 2 is 2.28 bits per heavy atom. The van der Waals surface area contributed by atoms with Gasteiger partial charge in [-0.25, -0.2) is 9.59 Å². The number of hydrogen-bond donors (Lipinski definition) is 4. The molecule has 0 aliphatic heterocycles. The molecule has 0 fully saturated rings. The van der Waals surface area contributed by atoms with Gasteiger partial charge in [0, 0.05) is 25.8 Å². The van der Waals surface area contributed by atoms with Crippen LogP contribution in [-0.4, -0.2) is 44.6 Å². The molecule has 100 valence electrons. The van der Waals surface area contributed by atoms with Crippen molar-refractivity contribution in [1.82, 2.24) is 15.1 Å². The molecule has 0 spiro atoms. The number of nitrogens with zero attached hydrogens (tertiary/aromatic N) is 2. The van der Waals surface area contributed by atoms with Crippen molar-refractivity contribution in [3.05, 3.63) is 12.4 Å². The fourth-order valence-corrected chi connectivity index (χ4v) is 1.31. The number of carboxylic acid groups (broad SMARTS) is 1. The molecule has 1 atom stereocenters. The normalized spacial score (nSPS) is 11.9. The Hall–Kier alpha value is -2.09. The van der Waals surface area contributed by atoms with Gasteiger partial charge in [-0.3, -0.25) is 4.68 Å². The number of urea groups is 1. The average Bonchev–Trinajstić information content (AvgIpc) is 2.76. The summed E-state index contributed by atoms with van der Waals surface area (Å²) in [5.41, 5.74) is 0.475. The number of carbonyl (C=O) groups is 2. The SMILES string of the molecule is CCn1cc(NC(=O)NC(CCO)C(=O)O)cn1. The largest absolute Gasteiger partial charge is 0.480 e. The first kappa shape index (κ1) is 14.0. The van der Waals surface area contributed by atoms with Gasteiger partial charge in [-0.2, -0.15) is 5.10 Å². The van der Waals surface area contributed by atoms with Crippen molar-refractivity contribution in [2.45, 2.75) is 25.9 Å². The van der Waals surface area contributed by atoms with Crippen molar-refractivity contribution < 1.29 is 19.8 Å². The molecule has 0 bridgehead atoms. The smallest absolute Gasteiger partial charge is 0.326 e. The zero-order valence-corrected chi connectivity index (χ0v) is 9.96. The summed E-state index contributed by atoms with van der Waals surface area (Å²) in [5.74, 6) is -1.19. The summed E-state index contributed by atoms with van der Waals surface area (Å²) in [7, 11) is 0. The minimum absolute atomic E-state index is 0.0447. The molecular formula is C10H16N4O4. The highest BCUT2D eigenvalue weighted by molar-refractivity contribution is 5.91. The van der Waals surface area contributed by atoms with Crippen molar-refractivity contribution in [3.63, 3.8) is 0 Å². The highest BCUT2D eigenvalue weighted by Crippen LogP contribution is 2.04. The molecule has 1 heterocycles. The van der Waals surface area contributed by atoms with Crippen molar-refractivity contribution in [2.75, 3.05) is 11.9 Å². The van der Waals surface area contributed by atoms with E-state index in [0.717, 1.165) is 0 Å². The number of nitrogens with one attached hydrogen (secondary N) is 2. The summed E-state index contributed by atoms with van der Waals surface area (Å²) in [4.78, 5) is 22.3. The molecule has 0 saturated heterocycles. The van der Waals surface area contributed by atoms with Crippen LogP contribution >= 0.6 is 0 Å². The van der Waals surface area contributed by atoms with E-state index in [9.17, 15) is 9.59 Å². The van der Waals surface area contributed by atoms with Gasteiger partial charge in [0.05, 0.1) is 11.9 Å². The van der Waals surface area contributed by atoms with Crippen LogP contribution in [0.15, 0.2) is 12.4 Å². The molecule has 2 amide bonds. The molecule has 0 aliphatic rings. The Kier molecular flexibility index (Phi) is 5.12. The van der Waals surface area contributed by atoms with Crippen LogP contribution in [0, 0.1) is 0 Å². The first-order chi connectivity index (χ1) is 8.56. The minimum Gasteiger partial charge on any atom is -0.480 e. The van der Waals surface area contributed by atoms with Crippen LogP contribution in [-0.2, 0) is 11.3 Å². The van der Waals surface area contributed by atoms with E-state index in [0.29, 0.717) is 12.2 Å². The van der Waals surface area contributed by atoms with E-state index < -0.39 is 18.0 Å². The molecule has 0 saturated carbocycles. The fraction of sp³-hybridized carbons (Fsp3) is 0.500. The van der Waals surface area contributed by atoms with Crippen LogP contribution in [0.5, 0.6) is 0 Å². The number of carbonyl (C=O) groups excluding carboxylic acids is 1. The van der Waals surface area contributed by atoms with Crippen molar-refractivity contribution in [1.29, 1.82) is 0 Å².